The Hall–Kier alpha value is -2.40. The molecule has 1 aromatic heterocycles. The molecule has 28 heavy (non-hydrogen) atoms. The Labute approximate surface area is 171 Å². The molecule has 0 saturated carbocycles. The fourth-order valence-corrected chi connectivity index (χ4v) is 3.74. The molecular weight excluding hydrogens is 406 g/mol. The van der Waals surface area contributed by atoms with Crippen LogP contribution in [0.2, 0.25) is 0 Å². The van der Waals surface area contributed by atoms with E-state index >= 15 is 0 Å². The number of esters is 2. The number of aromatic nitrogens is 1. The van der Waals surface area contributed by atoms with Gasteiger partial charge in [-0.15, -0.1) is 0 Å². The summed E-state index contributed by atoms with van der Waals surface area (Å²) >= 11 is 6.33. The van der Waals surface area contributed by atoms with Crippen LogP contribution in [0.15, 0.2) is 0 Å². The van der Waals surface area contributed by atoms with Crippen molar-refractivity contribution >= 4 is 52.1 Å². The van der Waals surface area contributed by atoms with Crippen molar-refractivity contribution in [2.45, 2.75) is 20.8 Å². The Bertz CT molecular complexity index is 804. The standard InChI is InChI=1S/C17H21N3O6S2/c1-4-25-16(24)14-9(2)13(10(3)19-14)15(23)26-7-11(21)18-5-6-20-12(22)8-28-17(20)27/h19H,4-8H2,1-3H3,(H,18,21). The largest absolute Gasteiger partial charge is 0.461 e. The van der Waals surface area contributed by atoms with Gasteiger partial charge in [0, 0.05) is 18.8 Å². The Morgan fingerprint density at radius 1 is 1.25 bits per heavy atom. The van der Waals surface area contributed by atoms with Crippen molar-refractivity contribution in [2.24, 2.45) is 0 Å². The summed E-state index contributed by atoms with van der Waals surface area (Å²) in [4.78, 5) is 51.9. The fraction of sp³-hybridized carbons (Fsp3) is 0.471. The molecule has 1 aliphatic rings. The number of amides is 2. The average Bonchev–Trinajstić information content (AvgIpc) is 3.12. The van der Waals surface area contributed by atoms with Gasteiger partial charge in [0.05, 0.1) is 17.9 Å². The smallest absolute Gasteiger partial charge is 0.355 e. The first-order valence-electron chi connectivity index (χ1n) is 8.53. The van der Waals surface area contributed by atoms with Crippen molar-refractivity contribution < 1.29 is 28.7 Å². The van der Waals surface area contributed by atoms with Gasteiger partial charge in [0.15, 0.2) is 6.61 Å². The van der Waals surface area contributed by atoms with Crippen LogP contribution in [-0.2, 0) is 19.1 Å². The summed E-state index contributed by atoms with van der Waals surface area (Å²) in [5.41, 5.74) is 1.23. The van der Waals surface area contributed by atoms with Crippen LogP contribution in [0, 0.1) is 13.8 Å². The van der Waals surface area contributed by atoms with Crippen LogP contribution in [0.3, 0.4) is 0 Å². The number of aryl methyl sites for hydroxylation is 1. The molecule has 1 fully saturated rings. The zero-order valence-electron chi connectivity index (χ0n) is 15.7. The molecule has 0 spiro atoms. The minimum absolute atomic E-state index is 0.0912. The first-order chi connectivity index (χ1) is 13.3. The number of aromatic amines is 1. The van der Waals surface area contributed by atoms with Crippen LogP contribution in [0.5, 0.6) is 0 Å². The lowest BCUT2D eigenvalue weighted by Gasteiger charge is -2.15. The van der Waals surface area contributed by atoms with Gasteiger partial charge in [-0.2, -0.15) is 0 Å². The first-order valence-corrected chi connectivity index (χ1v) is 9.92. The molecule has 9 nitrogen and oxygen atoms in total. The predicted molar refractivity (Wildman–Crippen MR) is 106 cm³/mol. The quantitative estimate of drug-likeness (QED) is 0.465. The molecule has 1 aliphatic heterocycles. The van der Waals surface area contributed by atoms with Crippen LogP contribution in [-0.4, -0.2) is 70.0 Å². The third-order valence-corrected chi connectivity index (χ3v) is 5.39. The number of hydrogen-bond donors (Lipinski definition) is 2. The molecule has 0 atom stereocenters. The second kappa shape index (κ2) is 9.69. The molecular formula is C17H21N3O6S2. The number of hydrogen-bond acceptors (Lipinski definition) is 8. The Morgan fingerprint density at radius 3 is 2.57 bits per heavy atom. The van der Waals surface area contributed by atoms with Crippen molar-refractivity contribution in [3.05, 3.63) is 22.5 Å². The van der Waals surface area contributed by atoms with Gasteiger partial charge in [0.2, 0.25) is 5.91 Å². The van der Waals surface area contributed by atoms with Gasteiger partial charge in [0.1, 0.15) is 10.0 Å². The number of nitrogens with zero attached hydrogens (tertiary/aromatic N) is 1. The normalized spacial score (nSPS) is 13.6. The molecule has 0 unspecified atom stereocenters. The number of thioether (sulfide) groups is 1. The van der Waals surface area contributed by atoms with Gasteiger partial charge in [-0.05, 0) is 26.3 Å². The SMILES string of the molecule is CCOC(=O)c1[nH]c(C)c(C(=O)OCC(=O)NCCN2C(=O)CSC2=S)c1C. The molecule has 1 aromatic rings. The summed E-state index contributed by atoms with van der Waals surface area (Å²) in [7, 11) is 0. The number of ether oxygens (including phenoxy) is 2. The Morgan fingerprint density at radius 2 is 1.96 bits per heavy atom. The second-order valence-electron chi connectivity index (χ2n) is 5.87. The summed E-state index contributed by atoms with van der Waals surface area (Å²) in [5, 5.41) is 2.57. The van der Waals surface area contributed by atoms with Crippen molar-refractivity contribution in [1.29, 1.82) is 0 Å². The third kappa shape index (κ3) is 5.10. The molecule has 2 N–H and O–H groups in total. The van der Waals surface area contributed by atoms with Gasteiger partial charge in [0.25, 0.3) is 5.91 Å². The Balaban J connectivity index is 1.85. The highest BCUT2D eigenvalue weighted by molar-refractivity contribution is 8.23. The van der Waals surface area contributed by atoms with Crippen molar-refractivity contribution in [3.63, 3.8) is 0 Å². The van der Waals surface area contributed by atoms with Gasteiger partial charge in [-0.3, -0.25) is 14.5 Å². The van der Waals surface area contributed by atoms with Crippen LogP contribution in [0.1, 0.15) is 39.0 Å². The molecule has 0 aliphatic carbocycles. The van der Waals surface area contributed by atoms with Crippen molar-refractivity contribution in [3.8, 4) is 0 Å². The highest BCUT2D eigenvalue weighted by Gasteiger charge is 2.26. The Kier molecular flexibility index (Phi) is 7.58. The maximum atomic E-state index is 12.3. The summed E-state index contributed by atoms with van der Waals surface area (Å²) in [6, 6.07) is 0. The van der Waals surface area contributed by atoms with Gasteiger partial charge < -0.3 is 19.8 Å². The zero-order valence-corrected chi connectivity index (χ0v) is 17.4. The maximum Gasteiger partial charge on any atom is 0.355 e. The number of thiocarbonyl (C=S) groups is 1. The fourth-order valence-electron chi connectivity index (χ4n) is 2.62. The maximum absolute atomic E-state index is 12.3. The van der Waals surface area contributed by atoms with E-state index in [4.69, 9.17) is 21.7 Å². The number of nitrogens with one attached hydrogen (secondary N) is 2. The average molecular weight is 428 g/mol. The molecule has 11 heteroatoms. The summed E-state index contributed by atoms with van der Waals surface area (Å²) in [6.45, 7) is 5.10. The lowest BCUT2D eigenvalue weighted by atomic mass is 10.1. The summed E-state index contributed by atoms with van der Waals surface area (Å²) in [5.74, 6) is -1.56. The lowest BCUT2D eigenvalue weighted by Crippen LogP contribution is -2.38. The van der Waals surface area contributed by atoms with Crippen LogP contribution in [0.25, 0.3) is 0 Å². The number of carbonyl (C=O) groups is 4. The predicted octanol–water partition coefficient (Wildman–Crippen LogP) is 0.942. The zero-order chi connectivity index (χ0) is 20.8. The summed E-state index contributed by atoms with van der Waals surface area (Å²) in [6.07, 6.45) is 0. The number of rotatable bonds is 8. The summed E-state index contributed by atoms with van der Waals surface area (Å²) < 4.78 is 10.5. The van der Waals surface area contributed by atoms with Crippen molar-refractivity contribution in [2.75, 3.05) is 32.1 Å². The van der Waals surface area contributed by atoms with E-state index in [-0.39, 0.29) is 36.9 Å². The van der Waals surface area contributed by atoms with Crippen LogP contribution in [0.4, 0.5) is 0 Å². The molecule has 1 saturated heterocycles. The van der Waals surface area contributed by atoms with Gasteiger partial charge >= 0.3 is 11.9 Å². The first kappa shape index (κ1) is 21.9. The third-order valence-electron chi connectivity index (χ3n) is 3.95. The van der Waals surface area contributed by atoms with Crippen LogP contribution < -0.4 is 5.32 Å². The molecule has 2 heterocycles. The van der Waals surface area contributed by atoms with E-state index < -0.39 is 24.5 Å². The van der Waals surface area contributed by atoms with E-state index in [1.165, 1.54) is 16.7 Å². The molecule has 0 bridgehead atoms. The minimum Gasteiger partial charge on any atom is -0.461 e. The molecule has 2 rings (SSSR count). The van der Waals surface area contributed by atoms with E-state index in [0.717, 1.165) is 0 Å². The van der Waals surface area contributed by atoms with Crippen molar-refractivity contribution in [1.82, 2.24) is 15.2 Å². The second-order valence-corrected chi connectivity index (χ2v) is 7.48. The topological polar surface area (TPSA) is 118 Å². The lowest BCUT2D eigenvalue weighted by molar-refractivity contribution is -0.126. The number of carbonyl (C=O) groups excluding carboxylic acids is 4. The molecule has 152 valence electrons. The molecule has 0 radical (unpaired) electrons. The van der Waals surface area contributed by atoms with E-state index in [2.05, 4.69) is 10.3 Å². The monoisotopic (exact) mass is 427 g/mol. The van der Waals surface area contributed by atoms with E-state index in [1.807, 2.05) is 0 Å². The van der Waals surface area contributed by atoms with E-state index in [9.17, 15) is 19.2 Å². The number of H-pyrrole nitrogens is 1. The highest BCUT2D eigenvalue weighted by Crippen LogP contribution is 2.20. The minimum atomic E-state index is -0.718. The molecule has 0 aromatic carbocycles. The van der Waals surface area contributed by atoms with E-state index in [1.54, 1.807) is 20.8 Å². The van der Waals surface area contributed by atoms with Gasteiger partial charge in [-0.25, -0.2) is 9.59 Å². The van der Waals surface area contributed by atoms with Crippen LogP contribution >= 0.6 is 24.0 Å². The highest BCUT2D eigenvalue weighted by atomic mass is 32.2. The molecule has 2 amide bonds. The van der Waals surface area contributed by atoms with Gasteiger partial charge in [-0.1, -0.05) is 24.0 Å². The van der Waals surface area contributed by atoms with E-state index in [0.29, 0.717) is 21.3 Å².